The Morgan fingerprint density at radius 2 is 1.62 bits per heavy atom. The molecule has 134 valence electrons. The van der Waals surface area contributed by atoms with Crippen LogP contribution in [0, 0.1) is 11.8 Å². The van der Waals surface area contributed by atoms with E-state index in [0.717, 1.165) is 13.1 Å². The summed E-state index contributed by atoms with van der Waals surface area (Å²) in [5.41, 5.74) is 0.632. The number of nitrogens with one attached hydrogen (secondary N) is 1. The maximum absolute atomic E-state index is 12.4. The molecule has 0 bridgehead atoms. The number of carbonyl (C=O) groups excluding carboxylic acids is 1. The Kier molecular flexibility index (Phi) is 6.31. The van der Waals surface area contributed by atoms with Crippen molar-refractivity contribution >= 4 is 11.6 Å². The van der Waals surface area contributed by atoms with Crippen LogP contribution in [-0.2, 0) is 4.79 Å². The van der Waals surface area contributed by atoms with Crippen molar-refractivity contribution in [3.63, 3.8) is 0 Å². The van der Waals surface area contributed by atoms with E-state index >= 15 is 0 Å². The third-order valence-corrected chi connectivity index (χ3v) is 4.26. The lowest BCUT2D eigenvalue weighted by Crippen LogP contribution is -2.42. The summed E-state index contributed by atoms with van der Waals surface area (Å²) in [7, 11) is 4.66. The van der Waals surface area contributed by atoms with E-state index in [1.807, 2.05) is 0 Å². The van der Waals surface area contributed by atoms with Gasteiger partial charge in [0.05, 0.1) is 27.9 Å². The van der Waals surface area contributed by atoms with E-state index in [-0.39, 0.29) is 5.91 Å². The van der Waals surface area contributed by atoms with E-state index < -0.39 is 0 Å². The SMILES string of the molecule is COc1cc(NC(=O)CN2CC(C)CC(C)C2)cc(OC)c1OC. The topological polar surface area (TPSA) is 60.0 Å². The van der Waals surface area contributed by atoms with Gasteiger partial charge in [0, 0.05) is 30.9 Å². The third-order valence-electron chi connectivity index (χ3n) is 4.26. The fourth-order valence-electron chi connectivity index (χ4n) is 3.48. The van der Waals surface area contributed by atoms with Crippen molar-refractivity contribution < 1.29 is 19.0 Å². The number of piperidine rings is 1. The second-order valence-electron chi connectivity index (χ2n) is 6.60. The van der Waals surface area contributed by atoms with Gasteiger partial charge >= 0.3 is 0 Å². The molecule has 0 saturated carbocycles. The number of anilines is 1. The highest BCUT2D eigenvalue weighted by Gasteiger charge is 2.23. The molecule has 24 heavy (non-hydrogen) atoms. The minimum atomic E-state index is -0.0365. The number of hydrogen-bond donors (Lipinski definition) is 1. The number of carbonyl (C=O) groups is 1. The fraction of sp³-hybridized carbons (Fsp3) is 0.611. The average molecular weight is 336 g/mol. The van der Waals surface area contributed by atoms with Crippen molar-refractivity contribution in [3.8, 4) is 17.2 Å². The largest absolute Gasteiger partial charge is 0.493 e. The number of benzene rings is 1. The summed E-state index contributed by atoms with van der Waals surface area (Å²) in [4.78, 5) is 14.6. The monoisotopic (exact) mass is 336 g/mol. The molecule has 0 aliphatic carbocycles. The molecule has 1 N–H and O–H groups in total. The van der Waals surface area contributed by atoms with Crippen molar-refractivity contribution in [1.82, 2.24) is 4.90 Å². The smallest absolute Gasteiger partial charge is 0.238 e. The number of hydrogen-bond acceptors (Lipinski definition) is 5. The van der Waals surface area contributed by atoms with Crippen LogP contribution in [0.3, 0.4) is 0 Å². The van der Waals surface area contributed by atoms with Gasteiger partial charge in [-0.15, -0.1) is 0 Å². The lowest BCUT2D eigenvalue weighted by molar-refractivity contribution is -0.117. The molecule has 1 aromatic carbocycles. The number of nitrogens with zero attached hydrogens (tertiary/aromatic N) is 1. The van der Waals surface area contributed by atoms with Crippen LogP contribution >= 0.6 is 0 Å². The van der Waals surface area contributed by atoms with Crippen molar-refractivity contribution in [2.45, 2.75) is 20.3 Å². The molecule has 6 heteroatoms. The Labute approximate surface area is 144 Å². The number of ether oxygens (including phenoxy) is 3. The summed E-state index contributed by atoms with van der Waals surface area (Å²) in [6, 6.07) is 3.47. The van der Waals surface area contributed by atoms with E-state index in [4.69, 9.17) is 14.2 Å². The molecular formula is C18H28N2O4. The van der Waals surface area contributed by atoms with Gasteiger partial charge in [-0.05, 0) is 18.3 Å². The highest BCUT2D eigenvalue weighted by atomic mass is 16.5. The molecule has 0 spiro atoms. The lowest BCUT2D eigenvalue weighted by atomic mass is 9.92. The quantitative estimate of drug-likeness (QED) is 0.865. The number of amides is 1. The standard InChI is InChI=1S/C18H28N2O4/c1-12-6-13(2)10-20(9-12)11-17(21)19-14-7-15(22-3)18(24-5)16(8-14)23-4/h7-8,12-13H,6,9-11H2,1-5H3,(H,19,21). The molecule has 1 heterocycles. The molecule has 0 aromatic heterocycles. The highest BCUT2D eigenvalue weighted by Crippen LogP contribution is 2.39. The van der Waals surface area contributed by atoms with Crippen LogP contribution in [0.5, 0.6) is 17.2 Å². The molecule has 2 atom stereocenters. The van der Waals surface area contributed by atoms with Crippen LogP contribution in [-0.4, -0.2) is 51.8 Å². The summed E-state index contributed by atoms with van der Waals surface area (Å²) in [5, 5.41) is 2.92. The summed E-state index contributed by atoms with van der Waals surface area (Å²) in [6.45, 7) is 6.80. The van der Waals surface area contributed by atoms with Gasteiger partial charge in [0.15, 0.2) is 11.5 Å². The van der Waals surface area contributed by atoms with Gasteiger partial charge in [-0.1, -0.05) is 13.8 Å². The maximum Gasteiger partial charge on any atom is 0.238 e. The molecule has 1 saturated heterocycles. The lowest BCUT2D eigenvalue weighted by Gasteiger charge is -2.34. The maximum atomic E-state index is 12.4. The molecule has 6 nitrogen and oxygen atoms in total. The Morgan fingerprint density at radius 3 is 2.08 bits per heavy atom. The van der Waals surface area contributed by atoms with E-state index in [1.54, 1.807) is 33.5 Å². The first-order valence-electron chi connectivity index (χ1n) is 8.29. The minimum Gasteiger partial charge on any atom is -0.493 e. The summed E-state index contributed by atoms with van der Waals surface area (Å²) in [5.74, 6) is 2.77. The van der Waals surface area contributed by atoms with E-state index in [1.165, 1.54) is 6.42 Å². The Bertz CT molecular complexity index is 541. The second-order valence-corrected chi connectivity index (χ2v) is 6.60. The predicted molar refractivity (Wildman–Crippen MR) is 94.1 cm³/mol. The molecule has 2 unspecified atom stereocenters. The zero-order valence-corrected chi connectivity index (χ0v) is 15.2. The Hall–Kier alpha value is -1.95. The number of rotatable bonds is 6. The number of methoxy groups -OCH3 is 3. The van der Waals surface area contributed by atoms with Crippen molar-refractivity contribution in [2.75, 3.05) is 46.3 Å². The predicted octanol–water partition coefficient (Wildman–Crippen LogP) is 2.63. The zero-order valence-electron chi connectivity index (χ0n) is 15.2. The van der Waals surface area contributed by atoms with Crippen LogP contribution in [0.25, 0.3) is 0 Å². The molecule has 0 radical (unpaired) electrons. The van der Waals surface area contributed by atoms with Crippen molar-refractivity contribution in [1.29, 1.82) is 0 Å². The molecule has 1 fully saturated rings. The molecular weight excluding hydrogens is 308 g/mol. The molecule has 1 aromatic rings. The van der Waals surface area contributed by atoms with Gasteiger partial charge < -0.3 is 19.5 Å². The Morgan fingerprint density at radius 1 is 1.08 bits per heavy atom. The normalized spacial score (nSPS) is 21.2. The summed E-state index contributed by atoms with van der Waals surface area (Å²) >= 11 is 0. The first-order valence-corrected chi connectivity index (χ1v) is 8.29. The minimum absolute atomic E-state index is 0.0365. The van der Waals surface area contributed by atoms with Crippen LogP contribution in [0.1, 0.15) is 20.3 Å². The summed E-state index contributed by atoms with van der Waals surface area (Å²) < 4.78 is 15.9. The first-order chi connectivity index (χ1) is 11.5. The summed E-state index contributed by atoms with van der Waals surface area (Å²) in [6.07, 6.45) is 1.23. The van der Waals surface area contributed by atoms with Gasteiger partial charge in [0.2, 0.25) is 11.7 Å². The highest BCUT2D eigenvalue weighted by molar-refractivity contribution is 5.93. The second kappa shape index (κ2) is 8.24. The average Bonchev–Trinajstić information content (AvgIpc) is 2.52. The van der Waals surface area contributed by atoms with Crippen LogP contribution in [0.4, 0.5) is 5.69 Å². The zero-order chi connectivity index (χ0) is 17.7. The molecule has 1 aliphatic heterocycles. The van der Waals surface area contributed by atoms with Crippen LogP contribution in [0.15, 0.2) is 12.1 Å². The van der Waals surface area contributed by atoms with E-state index in [9.17, 15) is 4.79 Å². The fourth-order valence-corrected chi connectivity index (χ4v) is 3.48. The van der Waals surface area contributed by atoms with Gasteiger partial charge in [-0.2, -0.15) is 0 Å². The third kappa shape index (κ3) is 4.54. The van der Waals surface area contributed by atoms with E-state index in [2.05, 4.69) is 24.1 Å². The Balaban J connectivity index is 2.06. The van der Waals surface area contributed by atoms with Crippen molar-refractivity contribution in [3.05, 3.63) is 12.1 Å². The first kappa shape index (κ1) is 18.4. The number of likely N-dealkylation sites (tertiary alicyclic amines) is 1. The van der Waals surface area contributed by atoms with Crippen LogP contribution < -0.4 is 19.5 Å². The van der Waals surface area contributed by atoms with Gasteiger partial charge in [-0.25, -0.2) is 0 Å². The molecule has 1 aliphatic rings. The van der Waals surface area contributed by atoms with Gasteiger partial charge in [0.1, 0.15) is 0 Å². The van der Waals surface area contributed by atoms with Crippen LogP contribution in [0.2, 0.25) is 0 Å². The van der Waals surface area contributed by atoms with Gasteiger partial charge in [0.25, 0.3) is 0 Å². The molecule has 1 amide bonds. The van der Waals surface area contributed by atoms with E-state index in [0.29, 0.717) is 41.3 Å². The van der Waals surface area contributed by atoms with Crippen molar-refractivity contribution in [2.24, 2.45) is 11.8 Å². The molecule has 2 rings (SSSR count). The van der Waals surface area contributed by atoms with Gasteiger partial charge in [-0.3, -0.25) is 9.69 Å².